The van der Waals surface area contributed by atoms with E-state index in [1.54, 1.807) is 0 Å². The van der Waals surface area contributed by atoms with E-state index < -0.39 is 5.46 Å². The molecule has 0 radical (unpaired) electrons. The van der Waals surface area contributed by atoms with E-state index in [2.05, 4.69) is 125 Å². The van der Waals surface area contributed by atoms with Gasteiger partial charge in [-0.2, -0.15) is 0 Å². The van der Waals surface area contributed by atoms with Crippen molar-refractivity contribution in [3.8, 4) is 0 Å². The Bertz CT molecular complexity index is 803. The Kier molecular flexibility index (Phi) is 5.32. The first kappa shape index (κ1) is 18.2. The molecule has 0 saturated heterocycles. The molecule has 0 unspecified atom stereocenters. The number of nitrogens with zero attached hydrogens (tertiary/aromatic N) is 1. The van der Waals surface area contributed by atoms with Crippen molar-refractivity contribution in [1.29, 1.82) is 0 Å². The quantitative estimate of drug-likeness (QED) is 0.419. The van der Waals surface area contributed by atoms with Gasteiger partial charge in [-0.1, -0.05) is 0 Å². The predicted molar refractivity (Wildman–Crippen MR) is 117 cm³/mol. The summed E-state index contributed by atoms with van der Waals surface area (Å²) in [4.78, 5) is 0. The van der Waals surface area contributed by atoms with Crippen molar-refractivity contribution in [1.82, 2.24) is 0 Å². The van der Waals surface area contributed by atoms with Gasteiger partial charge in [0.2, 0.25) is 0 Å². The van der Waals surface area contributed by atoms with Crippen LogP contribution in [0.3, 0.4) is 0 Å². The predicted octanol–water partition coefficient (Wildman–Crippen LogP) is 6.45. The summed E-state index contributed by atoms with van der Waals surface area (Å²) in [7, 11) is 0. The Morgan fingerprint density at radius 3 is 1.76 bits per heavy atom. The first-order valence-electron chi connectivity index (χ1n) is 8.69. The minimum atomic E-state index is -2.59. The molecule has 3 heteroatoms. The van der Waals surface area contributed by atoms with Crippen LogP contribution in [0.2, 0.25) is 0 Å². The van der Waals surface area contributed by atoms with Crippen LogP contribution in [0.25, 0.3) is 0 Å². The zero-order chi connectivity index (χ0) is 17.8. The van der Waals surface area contributed by atoms with E-state index in [1.807, 2.05) is 0 Å². The van der Waals surface area contributed by atoms with E-state index >= 15 is 0 Å². The van der Waals surface area contributed by atoms with Crippen LogP contribution in [-0.4, -0.2) is 13.2 Å². The third-order valence-electron chi connectivity index (χ3n) is 4.78. The molecule has 25 heavy (non-hydrogen) atoms. The van der Waals surface area contributed by atoms with Crippen LogP contribution in [0, 0.1) is 0 Å². The minimum absolute atomic E-state index is 0.950. The van der Waals surface area contributed by atoms with E-state index in [4.69, 9.17) is 0 Å². The molecule has 0 spiro atoms. The molecule has 0 atom stereocenters. The normalized spacial score (nSPS) is 13.0. The third kappa shape index (κ3) is 3.66. The van der Waals surface area contributed by atoms with Crippen LogP contribution in [0.5, 0.6) is 0 Å². The SMILES string of the molecule is CCN(c1ccccc1)P(C)(Br)(Cc1ccccc1)c1ccccc1. The molecule has 3 aromatic carbocycles. The zero-order valence-electron chi connectivity index (χ0n) is 14.8. The number of para-hydroxylation sites is 1. The number of hydrogen-bond donors (Lipinski definition) is 0. The number of anilines is 1. The average molecular weight is 414 g/mol. The molecule has 0 aliphatic rings. The first-order valence-corrected chi connectivity index (χ1v) is 13.5. The molecular weight excluding hydrogens is 389 g/mol. The van der Waals surface area contributed by atoms with Crippen LogP contribution in [-0.2, 0) is 6.16 Å². The molecule has 0 aromatic heterocycles. The fraction of sp³-hybridized carbons (Fsp3) is 0.182. The van der Waals surface area contributed by atoms with Crippen molar-refractivity contribution in [2.45, 2.75) is 13.1 Å². The van der Waals surface area contributed by atoms with Crippen LogP contribution in [0.4, 0.5) is 5.69 Å². The zero-order valence-corrected chi connectivity index (χ0v) is 17.3. The van der Waals surface area contributed by atoms with Crippen molar-refractivity contribution in [3.63, 3.8) is 0 Å². The Morgan fingerprint density at radius 1 is 0.760 bits per heavy atom. The van der Waals surface area contributed by atoms with Gasteiger partial charge < -0.3 is 0 Å². The Balaban J connectivity index is 2.18. The monoisotopic (exact) mass is 413 g/mol. The summed E-state index contributed by atoms with van der Waals surface area (Å²) in [6.07, 6.45) is 0.985. The van der Waals surface area contributed by atoms with Gasteiger partial charge in [-0.25, -0.2) is 0 Å². The molecule has 130 valence electrons. The summed E-state index contributed by atoms with van der Waals surface area (Å²) in [5, 5.41) is 1.38. The van der Waals surface area contributed by atoms with E-state index in [0.717, 1.165) is 12.7 Å². The van der Waals surface area contributed by atoms with Crippen LogP contribution in [0.15, 0.2) is 91.0 Å². The fourth-order valence-electron chi connectivity index (χ4n) is 3.58. The van der Waals surface area contributed by atoms with Crippen LogP contribution < -0.4 is 9.97 Å². The molecule has 0 fully saturated rings. The van der Waals surface area contributed by atoms with Gasteiger partial charge in [0.25, 0.3) is 0 Å². The molecule has 1 nitrogen and oxygen atoms in total. The standard InChI is InChI=1S/C22H25BrNP/c1-3-24(21-15-9-5-10-16-21)25(2,23,22-17-11-6-12-18-22)19-20-13-7-4-8-14-20/h4-18H,3,19H2,1-2H3. The molecule has 3 aromatic rings. The van der Waals surface area contributed by atoms with Crippen molar-refractivity contribution >= 4 is 31.9 Å². The first-order chi connectivity index (χ1) is 12.0. The van der Waals surface area contributed by atoms with Gasteiger partial charge in [-0.05, 0) is 0 Å². The molecule has 0 saturated carbocycles. The number of benzene rings is 3. The summed E-state index contributed by atoms with van der Waals surface area (Å²) >= 11 is 4.35. The van der Waals surface area contributed by atoms with Gasteiger partial charge in [0.05, 0.1) is 0 Å². The maximum absolute atomic E-state index is 4.35. The van der Waals surface area contributed by atoms with Gasteiger partial charge in [-0.3, -0.25) is 0 Å². The molecule has 0 amide bonds. The number of hydrogen-bond acceptors (Lipinski definition) is 1. The second-order valence-electron chi connectivity index (χ2n) is 6.62. The summed E-state index contributed by atoms with van der Waals surface area (Å²) in [6, 6.07) is 32.5. The molecule has 0 aliphatic carbocycles. The van der Waals surface area contributed by atoms with Gasteiger partial charge in [0.15, 0.2) is 0 Å². The Labute approximate surface area is 159 Å². The van der Waals surface area contributed by atoms with E-state index in [1.165, 1.54) is 16.6 Å². The van der Waals surface area contributed by atoms with Gasteiger partial charge >= 0.3 is 159 Å². The van der Waals surface area contributed by atoms with E-state index in [9.17, 15) is 0 Å². The van der Waals surface area contributed by atoms with Crippen molar-refractivity contribution in [3.05, 3.63) is 96.6 Å². The summed E-state index contributed by atoms with van der Waals surface area (Å²) in [6.45, 7) is 5.61. The van der Waals surface area contributed by atoms with Gasteiger partial charge in [0, 0.05) is 0 Å². The average Bonchev–Trinajstić information content (AvgIpc) is 2.64. The Hall–Kier alpha value is -1.63. The molecule has 0 bridgehead atoms. The van der Waals surface area contributed by atoms with E-state index in [-0.39, 0.29) is 0 Å². The molecule has 0 N–H and O–H groups in total. The molecule has 0 heterocycles. The van der Waals surface area contributed by atoms with Gasteiger partial charge in [-0.15, -0.1) is 0 Å². The third-order valence-corrected chi connectivity index (χ3v) is 12.4. The topological polar surface area (TPSA) is 3.24 Å². The summed E-state index contributed by atoms with van der Waals surface area (Å²) in [5.41, 5.74) is 0.0325. The van der Waals surface area contributed by atoms with E-state index in [0.29, 0.717) is 0 Å². The second-order valence-corrected chi connectivity index (χ2v) is 16.8. The second kappa shape index (κ2) is 7.32. The van der Waals surface area contributed by atoms with Crippen molar-refractivity contribution in [2.24, 2.45) is 0 Å². The van der Waals surface area contributed by atoms with Crippen LogP contribution >= 0.6 is 20.9 Å². The molecular formula is C22H25BrNP. The molecule has 3 rings (SSSR count). The number of halogens is 1. The van der Waals surface area contributed by atoms with Crippen molar-refractivity contribution in [2.75, 3.05) is 17.9 Å². The molecule has 0 aliphatic heterocycles. The summed E-state index contributed by atoms with van der Waals surface area (Å²) in [5.74, 6) is 0. The Morgan fingerprint density at radius 2 is 1.24 bits per heavy atom. The van der Waals surface area contributed by atoms with Crippen molar-refractivity contribution < 1.29 is 0 Å². The number of rotatable bonds is 6. The maximum atomic E-state index is 4.35. The fourth-order valence-corrected chi connectivity index (χ4v) is 10.5. The van der Waals surface area contributed by atoms with Crippen LogP contribution in [0.1, 0.15) is 12.5 Å². The summed E-state index contributed by atoms with van der Waals surface area (Å²) < 4.78 is 2.58. The van der Waals surface area contributed by atoms with Gasteiger partial charge in [0.1, 0.15) is 0 Å².